The van der Waals surface area contributed by atoms with Crippen molar-refractivity contribution in [1.82, 2.24) is 0 Å². The third kappa shape index (κ3) is 50.8. The molecule has 6 nitrogen and oxygen atoms in total. The van der Waals surface area contributed by atoms with E-state index in [0.29, 0.717) is 6.04 Å². The van der Waals surface area contributed by atoms with Gasteiger partial charge < -0.3 is 32.5 Å². The van der Waals surface area contributed by atoms with E-state index in [1.807, 2.05) is 0 Å². The number of rotatable bonds is 3. The summed E-state index contributed by atoms with van der Waals surface area (Å²) < 4.78 is 0. The predicted molar refractivity (Wildman–Crippen MR) is 60.5 cm³/mol. The number of aliphatic hydroxyl groups is 3. The van der Waals surface area contributed by atoms with Gasteiger partial charge in [-0.2, -0.15) is 6.92 Å². The van der Waals surface area contributed by atoms with Gasteiger partial charge in [0, 0.05) is 98.1 Å². The summed E-state index contributed by atoms with van der Waals surface area (Å²) in [4.78, 5) is 0. The van der Waals surface area contributed by atoms with E-state index in [2.05, 4.69) is 11.5 Å². The molecule has 18 heavy (non-hydrogen) atoms. The van der Waals surface area contributed by atoms with Crippen LogP contribution in [0.3, 0.4) is 0 Å². The van der Waals surface area contributed by atoms with Gasteiger partial charge in [-0.25, -0.2) is 19.1 Å². The van der Waals surface area contributed by atoms with Crippen LogP contribution in [0.25, 0.3) is 0 Å². The summed E-state index contributed by atoms with van der Waals surface area (Å²) in [5.74, 6) is 0. The van der Waals surface area contributed by atoms with Crippen LogP contribution in [0.15, 0.2) is 0 Å². The Balaban J connectivity index is -0.0000000292. The molecule has 0 aliphatic carbocycles. The maximum Gasteiger partial charge on any atom is 0 e. The molecule has 9 heteroatoms. The Morgan fingerprint density at radius 2 is 1.11 bits per heavy atom. The van der Waals surface area contributed by atoms with Gasteiger partial charge in [0.05, 0.1) is 0 Å². The minimum atomic E-state index is -0.806. The maximum atomic E-state index is 8.93. The SMILES string of the molecule is C[C-](N)C(C)(C)O.N[CH-]CO.N[CH-]CO.[Y].[Y].[Y]. The largest absolute Gasteiger partial charge is 0.481 e. The summed E-state index contributed by atoms with van der Waals surface area (Å²) in [7, 11) is 0. The van der Waals surface area contributed by atoms with Crippen LogP contribution < -0.4 is 17.2 Å². The van der Waals surface area contributed by atoms with Gasteiger partial charge in [0.25, 0.3) is 0 Å². The van der Waals surface area contributed by atoms with E-state index >= 15 is 0 Å². The molecule has 0 saturated carbocycles. The number of nitrogens with two attached hydrogens (primary N) is 3. The molecule has 0 aromatic heterocycles. The molecule has 0 fully saturated rings. The molecule has 0 saturated heterocycles. The zero-order chi connectivity index (χ0) is 12.9. The average molecular weight is 489 g/mol. The molecule has 0 aromatic carbocycles. The minimum Gasteiger partial charge on any atom is -0.481 e. The smallest absolute Gasteiger partial charge is 0 e. The summed E-state index contributed by atoms with van der Waals surface area (Å²) in [5, 5.41) is 24.3. The quantitative estimate of drug-likeness (QED) is 0.266. The van der Waals surface area contributed by atoms with Crippen LogP contribution in [0.2, 0.25) is 0 Å². The Kier molecular flexibility index (Phi) is 58.7. The molecular formula is C9H24N3O3Y3-3. The Labute approximate surface area is 186 Å². The summed E-state index contributed by atoms with van der Waals surface area (Å²) >= 11 is 0. The van der Waals surface area contributed by atoms with Gasteiger partial charge in [0.15, 0.2) is 0 Å². The Bertz CT molecular complexity index is 109. The first-order valence-electron chi connectivity index (χ1n) is 4.38. The fraction of sp³-hybridized carbons (Fsp3) is 0.667. The molecule has 0 bridgehead atoms. The van der Waals surface area contributed by atoms with Crippen molar-refractivity contribution < 1.29 is 113 Å². The van der Waals surface area contributed by atoms with E-state index < -0.39 is 5.60 Å². The Morgan fingerprint density at radius 3 is 1.11 bits per heavy atom. The second kappa shape index (κ2) is 28.3. The molecule has 3 radical (unpaired) electrons. The van der Waals surface area contributed by atoms with E-state index in [4.69, 9.17) is 21.1 Å². The average Bonchev–Trinajstić information content (AvgIpc) is 2.17. The van der Waals surface area contributed by atoms with Crippen molar-refractivity contribution in [2.45, 2.75) is 26.4 Å². The van der Waals surface area contributed by atoms with Crippen LogP contribution in [0.1, 0.15) is 20.8 Å². The molecule has 0 unspecified atom stereocenters. The van der Waals surface area contributed by atoms with Gasteiger partial charge >= 0.3 is 0 Å². The monoisotopic (exact) mass is 489 g/mol. The number of aliphatic hydroxyl groups excluding tert-OH is 2. The second-order valence-electron chi connectivity index (χ2n) is 3.08. The van der Waals surface area contributed by atoms with E-state index in [-0.39, 0.29) is 111 Å². The van der Waals surface area contributed by atoms with Crippen LogP contribution in [-0.4, -0.2) is 34.1 Å². The summed E-state index contributed by atoms with van der Waals surface area (Å²) in [6.45, 7) is 7.31. The van der Waals surface area contributed by atoms with Crippen molar-refractivity contribution in [2.24, 2.45) is 17.2 Å². The molecule has 0 aromatic rings. The van der Waals surface area contributed by atoms with Crippen molar-refractivity contribution in [3.63, 3.8) is 0 Å². The molecule has 0 rings (SSSR count). The fourth-order valence-electron chi connectivity index (χ4n) is 0. The first-order chi connectivity index (χ1) is 6.77. The second-order valence-corrected chi connectivity index (χ2v) is 3.08. The van der Waals surface area contributed by atoms with Gasteiger partial charge in [-0.3, -0.25) is 0 Å². The van der Waals surface area contributed by atoms with E-state index in [9.17, 15) is 0 Å². The molecule has 0 aliphatic rings. The van der Waals surface area contributed by atoms with Gasteiger partial charge in [0.1, 0.15) is 0 Å². The molecule has 0 spiro atoms. The van der Waals surface area contributed by atoms with Crippen LogP contribution in [0, 0.1) is 19.1 Å². The van der Waals surface area contributed by atoms with E-state index in [1.165, 1.54) is 13.1 Å². The molecular weight excluding hydrogens is 465 g/mol. The summed E-state index contributed by atoms with van der Waals surface area (Å²) in [5.41, 5.74) is 13.7. The van der Waals surface area contributed by atoms with Crippen LogP contribution in [0.4, 0.5) is 0 Å². The minimum absolute atomic E-state index is 0. The topological polar surface area (TPSA) is 139 Å². The Morgan fingerprint density at radius 1 is 1.00 bits per heavy atom. The van der Waals surface area contributed by atoms with Gasteiger partial charge in [-0.15, -0.1) is 0 Å². The number of hydrogen-bond donors (Lipinski definition) is 6. The number of hydrogen-bond acceptors (Lipinski definition) is 6. The van der Waals surface area contributed by atoms with Crippen molar-refractivity contribution >= 4 is 0 Å². The van der Waals surface area contributed by atoms with Gasteiger partial charge in [0.2, 0.25) is 0 Å². The van der Waals surface area contributed by atoms with E-state index in [1.54, 1.807) is 20.8 Å². The van der Waals surface area contributed by atoms with Gasteiger partial charge in [-0.1, -0.05) is 27.1 Å². The van der Waals surface area contributed by atoms with Crippen molar-refractivity contribution in [3.8, 4) is 0 Å². The third-order valence-corrected chi connectivity index (χ3v) is 1.18. The molecule has 105 valence electrons. The first kappa shape index (κ1) is 37.4. The van der Waals surface area contributed by atoms with Gasteiger partial charge in [-0.05, 0) is 5.60 Å². The summed E-state index contributed by atoms with van der Waals surface area (Å²) in [6, 6.07) is 0.549. The Hall–Kier alpha value is 3.07. The standard InChI is InChI=1S/C5H12NO.2C2H6NO.3Y/c1-4(6)5(2,3)7;2*3-1-2-4;;;/h7H,6H2,1-3H3;2*1,4H,2-3H2;;;/q3*-1;;;. The summed E-state index contributed by atoms with van der Waals surface area (Å²) in [6.07, 6.45) is 0. The fourth-order valence-corrected chi connectivity index (χ4v) is 0. The van der Waals surface area contributed by atoms with Crippen LogP contribution in [0.5, 0.6) is 0 Å². The predicted octanol–water partition coefficient (Wildman–Crippen LogP) is -1.54. The van der Waals surface area contributed by atoms with E-state index in [0.717, 1.165) is 0 Å². The van der Waals surface area contributed by atoms with Crippen molar-refractivity contribution in [1.29, 1.82) is 0 Å². The first-order valence-corrected chi connectivity index (χ1v) is 4.38. The molecule has 9 N–H and O–H groups in total. The van der Waals surface area contributed by atoms with Crippen molar-refractivity contribution in [2.75, 3.05) is 13.2 Å². The van der Waals surface area contributed by atoms with Crippen LogP contribution >= 0.6 is 0 Å². The van der Waals surface area contributed by atoms with Crippen molar-refractivity contribution in [3.05, 3.63) is 19.1 Å². The molecule has 0 aliphatic heterocycles. The maximum absolute atomic E-state index is 8.93. The van der Waals surface area contributed by atoms with Crippen LogP contribution in [-0.2, 0) is 98.1 Å². The molecule has 0 heterocycles. The zero-order valence-electron chi connectivity index (χ0n) is 11.4. The molecule has 0 amide bonds. The third-order valence-electron chi connectivity index (χ3n) is 1.18. The molecule has 0 atom stereocenters. The zero-order valence-corrected chi connectivity index (χ0v) is 19.9. The normalized spacial score (nSPS) is 8.33.